The predicted molar refractivity (Wildman–Crippen MR) is 72.2 cm³/mol. The van der Waals surface area contributed by atoms with Crippen molar-refractivity contribution >= 4 is 5.91 Å². The summed E-state index contributed by atoms with van der Waals surface area (Å²) < 4.78 is 10.6. The molecule has 0 saturated carbocycles. The zero-order chi connectivity index (χ0) is 13.9. The second-order valence-electron chi connectivity index (χ2n) is 4.05. The van der Waals surface area contributed by atoms with Crippen LogP contribution < -0.4 is 10.1 Å². The number of aliphatic hydroxyl groups excluding tert-OH is 1. The summed E-state index contributed by atoms with van der Waals surface area (Å²) in [5.74, 6) is 0.739. The maximum Gasteiger partial charge on any atom is 0.223 e. The van der Waals surface area contributed by atoms with E-state index in [1.807, 2.05) is 31.2 Å². The van der Waals surface area contributed by atoms with Crippen molar-refractivity contribution in [1.82, 2.24) is 5.32 Å². The van der Waals surface area contributed by atoms with E-state index in [-0.39, 0.29) is 12.5 Å². The number of aryl methyl sites for hydroxylation is 1. The van der Waals surface area contributed by atoms with Gasteiger partial charge >= 0.3 is 0 Å². The molecule has 1 rings (SSSR count). The van der Waals surface area contributed by atoms with E-state index in [2.05, 4.69) is 5.32 Å². The number of carbonyl (C=O) groups excluding carboxylic acids is 1. The monoisotopic (exact) mass is 267 g/mol. The standard InChI is InChI=1S/C14H21NO4/c1-12-4-2-3-5-13(12)19-9-6-14(17)15-7-10-18-11-8-16/h2-5,16H,6-11H2,1H3,(H,15,17). The van der Waals surface area contributed by atoms with Gasteiger partial charge in [-0.25, -0.2) is 0 Å². The minimum absolute atomic E-state index is 0.00177. The summed E-state index contributed by atoms with van der Waals surface area (Å²) in [4.78, 5) is 11.5. The van der Waals surface area contributed by atoms with Crippen LogP contribution in [0.1, 0.15) is 12.0 Å². The lowest BCUT2D eigenvalue weighted by Crippen LogP contribution is -2.28. The second-order valence-corrected chi connectivity index (χ2v) is 4.05. The first kappa shape index (κ1) is 15.5. The molecular formula is C14H21NO4. The lowest BCUT2D eigenvalue weighted by molar-refractivity contribution is -0.121. The highest BCUT2D eigenvalue weighted by molar-refractivity contribution is 5.75. The average molecular weight is 267 g/mol. The predicted octanol–water partition coefficient (Wildman–Crippen LogP) is 0.889. The third kappa shape index (κ3) is 6.79. The van der Waals surface area contributed by atoms with Gasteiger partial charge in [0, 0.05) is 6.54 Å². The number of para-hydroxylation sites is 1. The molecule has 5 nitrogen and oxygen atoms in total. The first-order valence-electron chi connectivity index (χ1n) is 6.37. The maximum atomic E-state index is 11.5. The molecule has 0 radical (unpaired) electrons. The zero-order valence-corrected chi connectivity index (χ0v) is 11.2. The Morgan fingerprint density at radius 2 is 2.05 bits per heavy atom. The van der Waals surface area contributed by atoms with Gasteiger partial charge in [-0.15, -0.1) is 0 Å². The van der Waals surface area contributed by atoms with Crippen LogP contribution in [0, 0.1) is 6.92 Å². The molecule has 1 amide bonds. The number of benzene rings is 1. The Kier molecular flexibility index (Phi) is 7.62. The van der Waals surface area contributed by atoms with Crippen LogP contribution in [0.5, 0.6) is 5.75 Å². The van der Waals surface area contributed by atoms with E-state index in [0.717, 1.165) is 11.3 Å². The largest absolute Gasteiger partial charge is 0.493 e. The number of amides is 1. The first-order valence-corrected chi connectivity index (χ1v) is 6.37. The van der Waals surface area contributed by atoms with E-state index in [4.69, 9.17) is 14.6 Å². The van der Waals surface area contributed by atoms with Crippen LogP contribution in [-0.4, -0.2) is 44.0 Å². The normalized spacial score (nSPS) is 10.2. The second kappa shape index (κ2) is 9.35. The molecule has 0 aliphatic carbocycles. The van der Waals surface area contributed by atoms with Gasteiger partial charge in [0.15, 0.2) is 0 Å². The summed E-state index contributed by atoms with van der Waals surface area (Å²) in [5, 5.41) is 11.2. The molecule has 106 valence electrons. The van der Waals surface area contributed by atoms with E-state index in [1.54, 1.807) is 0 Å². The SMILES string of the molecule is Cc1ccccc1OCCC(=O)NCCOCCO. The quantitative estimate of drug-likeness (QED) is 0.652. The van der Waals surface area contributed by atoms with Gasteiger partial charge in [0.25, 0.3) is 0 Å². The maximum absolute atomic E-state index is 11.5. The van der Waals surface area contributed by atoms with Crippen molar-refractivity contribution in [1.29, 1.82) is 0 Å². The fraction of sp³-hybridized carbons (Fsp3) is 0.500. The fourth-order valence-electron chi connectivity index (χ4n) is 1.49. The van der Waals surface area contributed by atoms with Crippen molar-refractivity contribution in [2.24, 2.45) is 0 Å². The number of nitrogens with one attached hydrogen (secondary N) is 1. The van der Waals surface area contributed by atoms with Gasteiger partial charge < -0.3 is 19.9 Å². The average Bonchev–Trinajstić information content (AvgIpc) is 2.41. The van der Waals surface area contributed by atoms with Crippen molar-refractivity contribution < 1.29 is 19.4 Å². The van der Waals surface area contributed by atoms with Gasteiger partial charge in [0.05, 0.1) is 32.8 Å². The number of ether oxygens (including phenoxy) is 2. The molecule has 0 heterocycles. The molecule has 0 aliphatic heterocycles. The van der Waals surface area contributed by atoms with Crippen LogP contribution in [0.2, 0.25) is 0 Å². The molecule has 0 bridgehead atoms. The van der Waals surface area contributed by atoms with Crippen LogP contribution in [0.3, 0.4) is 0 Å². The lowest BCUT2D eigenvalue weighted by Gasteiger charge is -2.09. The Bertz CT molecular complexity index is 381. The first-order chi connectivity index (χ1) is 9.24. The molecular weight excluding hydrogens is 246 g/mol. The molecule has 0 atom stereocenters. The molecule has 0 unspecified atom stereocenters. The number of hydrogen-bond acceptors (Lipinski definition) is 4. The molecule has 0 aromatic heterocycles. The van der Waals surface area contributed by atoms with E-state index in [1.165, 1.54) is 0 Å². The van der Waals surface area contributed by atoms with Gasteiger partial charge in [0.1, 0.15) is 5.75 Å². The van der Waals surface area contributed by atoms with E-state index >= 15 is 0 Å². The highest BCUT2D eigenvalue weighted by Crippen LogP contribution is 2.15. The summed E-state index contributed by atoms with van der Waals surface area (Å²) in [7, 11) is 0. The highest BCUT2D eigenvalue weighted by atomic mass is 16.5. The Labute approximate surface area is 113 Å². The summed E-state index contributed by atoms with van der Waals surface area (Å²) in [6.07, 6.45) is 0.314. The van der Waals surface area contributed by atoms with Crippen molar-refractivity contribution in [3.63, 3.8) is 0 Å². The van der Waals surface area contributed by atoms with E-state index in [0.29, 0.717) is 32.8 Å². The van der Waals surface area contributed by atoms with Crippen LogP contribution in [0.25, 0.3) is 0 Å². The summed E-state index contributed by atoms with van der Waals surface area (Å²) in [6.45, 7) is 3.47. The number of rotatable bonds is 9. The summed E-state index contributed by atoms with van der Waals surface area (Å²) >= 11 is 0. The van der Waals surface area contributed by atoms with Gasteiger partial charge in [-0.05, 0) is 18.6 Å². The lowest BCUT2D eigenvalue weighted by atomic mass is 10.2. The molecule has 1 aromatic carbocycles. The molecule has 0 fully saturated rings. The summed E-state index contributed by atoms with van der Waals surface area (Å²) in [5.41, 5.74) is 1.06. The third-order valence-corrected chi connectivity index (χ3v) is 2.48. The minimum Gasteiger partial charge on any atom is -0.493 e. The third-order valence-electron chi connectivity index (χ3n) is 2.48. The van der Waals surface area contributed by atoms with Crippen molar-refractivity contribution in [3.8, 4) is 5.75 Å². The number of hydrogen-bond donors (Lipinski definition) is 2. The molecule has 19 heavy (non-hydrogen) atoms. The topological polar surface area (TPSA) is 67.8 Å². The highest BCUT2D eigenvalue weighted by Gasteiger charge is 2.02. The number of aliphatic hydroxyl groups is 1. The Hall–Kier alpha value is -1.59. The molecule has 0 aliphatic rings. The van der Waals surface area contributed by atoms with Crippen molar-refractivity contribution in [2.75, 3.05) is 33.0 Å². The van der Waals surface area contributed by atoms with Crippen LogP contribution in [0.15, 0.2) is 24.3 Å². The molecule has 0 spiro atoms. The van der Waals surface area contributed by atoms with Gasteiger partial charge in [-0.3, -0.25) is 4.79 Å². The zero-order valence-electron chi connectivity index (χ0n) is 11.2. The van der Waals surface area contributed by atoms with Gasteiger partial charge in [-0.2, -0.15) is 0 Å². The van der Waals surface area contributed by atoms with Gasteiger partial charge in [-0.1, -0.05) is 18.2 Å². The van der Waals surface area contributed by atoms with Crippen LogP contribution in [-0.2, 0) is 9.53 Å². The summed E-state index contributed by atoms with van der Waals surface area (Å²) in [6, 6.07) is 7.70. The molecule has 5 heteroatoms. The van der Waals surface area contributed by atoms with Crippen LogP contribution >= 0.6 is 0 Å². The Morgan fingerprint density at radius 3 is 2.79 bits per heavy atom. The Balaban J connectivity index is 2.09. The van der Waals surface area contributed by atoms with E-state index < -0.39 is 0 Å². The fourth-order valence-corrected chi connectivity index (χ4v) is 1.49. The molecule has 1 aromatic rings. The van der Waals surface area contributed by atoms with E-state index in [9.17, 15) is 4.79 Å². The molecule has 2 N–H and O–H groups in total. The number of carbonyl (C=O) groups is 1. The smallest absolute Gasteiger partial charge is 0.223 e. The van der Waals surface area contributed by atoms with Crippen molar-refractivity contribution in [2.45, 2.75) is 13.3 Å². The van der Waals surface area contributed by atoms with Gasteiger partial charge in [0.2, 0.25) is 5.91 Å². The molecule has 0 saturated heterocycles. The van der Waals surface area contributed by atoms with Crippen molar-refractivity contribution in [3.05, 3.63) is 29.8 Å². The Morgan fingerprint density at radius 1 is 1.26 bits per heavy atom. The van der Waals surface area contributed by atoms with Crippen LogP contribution in [0.4, 0.5) is 0 Å². The minimum atomic E-state index is -0.0683.